The molecule has 1 atom stereocenters. The van der Waals surface area contributed by atoms with Crippen molar-refractivity contribution in [1.29, 1.82) is 0 Å². The van der Waals surface area contributed by atoms with E-state index in [0.29, 0.717) is 6.04 Å². The average Bonchev–Trinajstić information content (AvgIpc) is 3.17. The summed E-state index contributed by atoms with van der Waals surface area (Å²) in [5.74, 6) is 2.58. The Kier molecular flexibility index (Phi) is 5.30. The molecule has 8 nitrogen and oxygen atoms in total. The van der Waals surface area contributed by atoms with Crippen LogP contribution in [-0.4, -0.2) is 65.6 Å². The van der Waals surface area contributed by atoms with Gasteiger partial charge in [-0.2, -0.15) is 10.1 Å². The Balaban J connectivity index is 1.37. The SMILES string of the molecule is CC(C)(C)c1ccc(N2CCC(Nc3ccnc(N4CCOCC4)n3)C2)nn1. The molecule has 2 fully saturated rings. The molecular formula is C20H29N7O. The van der Waals surface area contributed by atoms with Crippen molar-refractivity contribution in [2.24, 2.45) is 0 Å². The summed E-state index contributed by atoms with van der Waals surface area (Å²) < 4.78 is 5.41. The van der Waals surface area contributed by atoms with Crippen molar-refractivity contribution in [1.82, 2.24) is 20.2 Å². The molecule has 150 valence electrons. The van der Waals surface area contributed by atoms with Gasteiger partial charge in [0.1, 0.15) is 5.82 Å². The molecule has 2 aliphatic heterocycles. The van der Waals surface area contributed by atoms with Gasteiger partial charge in [-0.05, 0) is 24.6 Å². The standard InChI is InChI=1S/C20H29N7O/c1-20(2,3)16-4-5-18(25-24-16)27-9-7-15(14-27)22-17-6-8-21-19(23-17)26-10-12-28-13-11-26/h4-6,8,15H,7,9-14H2,1-3H3,(H,21,22,23). The van der Waals surface area contributed by atoms with Crippen LogP contribution in [0, 0.1) is 0 Å². The molecule has 0 bridgehead atoms. The Morgan fingerprint density at radius 3 is 2.57 bits per heavy atom. The molecule has 0 aromatic carbocycles. The van der Waals surface area contributed by atoms with Crippen molar-refractivity contribution in [2.45, 2.75) is 38.6 Å². The maximum absolute atomic E-state index is 5.41. The molecular weight excluding hydrogens is 354 g/mol. The van der Waals surface area contributed by atoms with Crippen LogP contribution in [0.2, 0.25) is 0 Å². The normalized spacial score (nSPS) is 20.5. The van der Waals surface area contributed by atoms with Crippen LogP contribution in [0.25, 0.3) is 0 Å². The number of rotatable bonds is 4. The largest absolute Gasteiger partial charge is 0.378 e. The first kappa shape index (κ1) is 18.9. The lowest BCUT2D eigenvalue weighted by Crippen LogP contribution is -2.37. The lowest BCUT2D eigenvalue weighted by molar-refractivity contribution is 0.122. The third-order valence-corrected chi connectivity index (χ3v) is 5.22. The number of hydrogen-bond acceptors (Lipinski definition) is 8. The highest BCUT2D eigenvalue weighted by Gasteiger charge is 2.25. The van der Waals surface area contributed by atoms with Crippen molar-refractivity contribution in [3.05, 3.63) is 30.1 Å². The summed E-state index contributed by atoms with van der Waals surface area (Å²) in [7, 11) is 0. The van der Waals surface area contributed by atoms with E-state index in [-0.39, 0.29) is 5.41 Å². The van der Waals surface area contributed by atoms with E-state index >= 15 is 0 Å². The van der Waals surface area contributed by atoms with Gasteiger partial charge in [-0.15, -0.1) is 5.10 Å². The van der Waals surface area contributed by atoms with E-state index < -0.39 is 0 Å². The van der Waals surface area contributed by atoms with Crippen LogP contribution in [0.1, 0.15) is 32.9 Å². The highest BCUT2D eigenvalue weighted by molar-refractivity contribution is 5.45. The first-order valence-corrected chi connectivity index (χ1v) is 10.0. The van der Waals surface area contributed by atoms with Crippen LogP contribution in [0.15, 0.2) is 24.4 Å². The average molecular weight is 384 g/mol. The number of hydrogen-bond donors (Lipinski definition) is 1. The first-order chi connectivity index (χ1) is 13.5. The molecule has 2 saturated heterocycles. The Morgan fingerprint density at radius 1 is 1.04 bits per heavy atom. The number of nitrogens with zero attached hydrogens (tertiary/aromatic N) is 6. The van der Waals surface area contributed by atoms with Gasteiger partial charge in [-0.25, -0.2) is 4.98 Å². The first-order valence-electron chi connectivity index (χ1n) is 10.0. The molecule has 0 aliphatic carbocycles. The van der Waals surface area contributed by atoms with Crippen LogP contribution in [0.4, 0.5) is 17.6 Å². The van der Waals surface area contributed by atoms with Crippen LogP contribution in [-0.2, 0) is 10.2 Å². The van der Waals surface area contributed by atoms with Crippen molar-refractivity contribution >= 4 is 17.6 Å². The second kappa shape index (κ2) is 7.87. The Bertz CT molecular complexity index is 784. The van der Waals surface area contributed by atoms with Crippen molar-refractivity contribution in [3.8, 4) is 0 Å². The highest BCUT2D eigenvalue weighted by atomic mass is 16.5. The van der Waals surface area contributed by atoms with E-state index in [9.17, 15) is 0 Å². The molecule has 0 amide bonds. The quantitative estimate of drug-likeness (QED) is 0.860. The second-order valence-corrected chi connectivity index (χ2v) is 8.44. The van der Waals surface area contributed by atoms with Gasteiger partial charge in [-0.1, -0.05) is 20.8 Å². The number of morpholine rings is 1. The minimum Gasteiger partial charge on any atom is -0.378 e. The van der Waals surface area contributed by atoms with Crippen molar-refractivity contribution < 1.29 is 4.74 Å². The van der Waals surface area contributed by atoms with Gasteiger partial charge >= 0.3 is 0 Å². The lowest BCUT2D eigenvalue weighted by atomic mass is 9.92. The zero-order chi connectivity index (χ0) is 19.6. The molecule has 0 saturated carbocycles. The Labute approximate surface area is 166 Å². The lowest BCUT2D eigenvalue weighted by Gasteiger charge is -2.27. The molecule has 0 spiro atoms. The summed E-state index contributed by atoms with van der Waals surface area (Å²) in [4.78, 5) is 13.6. The fourth-order valence-electron chi connectivity index (χ4n) is 3.53. The molecule has 2 aromatic heterocycles. The molecule has 28 heavy (non-hydrogen) atoms. The Hall–Kier alpha value is -2.48. The monoisotopic (exact) mass is 383 g/mol. The number of nitrogens with one attached hydrogen (secondary N) is 1. The molecule has 2 aromatic rings. The minimum atomic E-state index is 0.0197. The zero-order valence-corrected chi connectivity index (χ0v) is 16.9. The fraction of sp³-hybridized carbons (Fsp3) is 0.600. The molecule has 2 aliphatic rings. The highest BCUT2D eigenvalue weighted by Crippen LogP contribution is 2.24. The summed E-state index contributed by atoms with van der Waals surface area (Å²) in [5, 5.41) is 12.4. The summed E-state index contributed by atoms with van der Waals surface area (Å²) in [6.07, 6.45) is 2.86. The number of anilines is 3. The second-order valence-electron chi connectivity index (χ2n) is 8.44. The van der Waals surface area contributed by atoms with Crippen molar-refractivity contribution in [3.63, 3.8) is 0 Å². The Morgan fingerprint density at radius 2 is 1.86 bits per heavy atom. The summed E-state index contributed by atoms with van der Waals surface area (Å²) >= 11 is 0. The summed E-state index contributed by atoms with van der Waals surface area (Å²) in [6.45, 7) is 11.4. The third kappa shape index (κ3) is 4.32. The van der Waals surface area contributed by atoms with Crippen LogP contribution >= 0.6 is 0 Å². The molecule has 8 heteroatoms. The summed E-state index contributed by atoms with van der Waals surface area (Å²) in [6, 6.07) is 6.43. The van der Waals surface area contributed by atoms with E-state index in [0.717, 1.165) is 69.1 Å². The molecule has 1 unspecified atom stereocenters. The predicted molar refractivity (Wildman–Crippen MR) is 110 cm³/mol. The molecule has 0 radical (unpaired) electrons. The number of aromatic nitrogens is 4. The minimum absolute atomic E-state index is 0.0197. The third-order valence-electron chi connectivity index (χ3n) is 5.22. The van der Waals surface area contributed by atoms with Crippen molar-refractivity contribution in [2.75, 3.05) is 54.5 Å². The molecule has 1 N–H and O–H groups in total. The van der Waals surface area contributed by atoms with Gasteiger partial charge in [-0.3, -0.25) is 0 Å². The van der Waals surface area contributed by atoms with Gasteiger partial charge < -0.3 is 19.9 Å². The van der Waals surface area contributed by atoms with Gasteiger partial charge in [0.15, 0.2) is 5.82 Å². The van der Waals surface area contributed by atoms with Gasteiger partial charge in [0.05, 0.1) is 18.9 Å². The molecule has 4 heterocycles. The van der Waals surface area contributed by atoms with E-state index in [1.54, 1.807) is 0 Å². The number of ether oxygens (including phenoxy) is 1. The van der Waals surface area contributed by atoms with Crippen LogP contribution < -0.4 is 15.1 Å². The maximum Gasteiger partial charge on any atom is 0.227 e. The van der Waals surface area contributed by atoms with E-state index in [1.165, 1.54) is 0 Å². The van der Waals surface area contributed by atoms with E-state index in [4.69, 9.17) is 9.72 Å². The van der Waals surface area contributed by atoms with E-state index in [2.05, 4.69) is 63.2 Å². The van der Waals surface area contributed by atoms with Gasteiger partial charge in [0.2, 0.25) is 5.95 Å². The smallest absolute Gasteiger partial charge is 0.227 e. The topological polar surface area (TPSA) is 79.3 Å². The fourth-order valence-corrected chi connectivity index (χ4v) is 3.53. The van der Waals surface area contributed by atoms with E-state index in [1.807, 2.05) is 12.3 Å². The van der Waals surface area contributed by atoms with Gasteiger partial charge in [0.25, 0.3) is 0 Å². The maximum atomic E-state index is 5.41. The van der Waals surface area contributed by atoms with Crippen LogP contribution in [0.3, 0.4) is 0 Å². The molecule has 4 rings (SSSR count). The predicted octanol–water partition coefficient (Wildman–Crippen LogP) is 2.09. The summed E-state index contributed by atoms with van der Waals surface area (Å²) in [5.41, 5.74) is 1.04. The van der Waals surface area contributed by atoms with Crippen LogP contribution in [0.5, 0.6) is 0 Å². The zero-order valence-electron chi connectivity index (χ0n) is 16.9. The van der Waals surface area contributed by atoms with Gasteiger partial charge in [0, 0.05) is 43.8 Å².